The first-order valence-corrected chi connectivity index (χ1v) is 7.37. The third-order valence-corrected chi connectivity index (χ3v) is 3.93. The van der Waals surface area contributed by atoms with E-state index in [-0.39, 0.29) is 22.1 Å². The van der Waals surface area contributed by atoms with Crippen molar-refractivity contribution in [3.63, 3.8) is 0 Å². The topological polar surface area (TPSA) is 21.3 Å². The maximum absolute atomic E-state index is 14.4. The van der Waals surface area contributed by atoms with Crippen LogP contribution in [-0.2, 0) is 0 Å². The zero-order valence-corrected chi connectivity index (χ0v) is 12.6. The van der Waals surface area contributed by atoms with E-state index in [0.717, 1.165) is 25.1 Å². The Labute approximate surface area is 123 Å². The van der Waals surface area contributed by atoms with Crippen molar-refractivity contribution < 1.29 is 9.13 Å². The molecule has 2 atom stereocenters. The van der Waals surface area contributed by atoms with E-state index in [2.05, 4.69) is 5.32 Å². The van der Waals surface area contributed by atoms with E-state index in [9.17, 15) is 4.39 Å². The van der Waals surface area contributed by atoms with Crippen molar-refractivity contribution in [1.82, 2.24) is 5.32 Å². The van der Waals surface area contributed by atoms with Crippen LogP contribution in [0, 0.1) is 5.82 Å². The van der Waals surface area contributed by atoms with E-state index in [1.807, 2.05) is 13.8 Å². The van der Waals surface area contributed by atoms with E-state index in [1.54, 1.807) is 6.07 Å². The summed E-state index contributed by atoms with van der Waals surface area (Å²) in [5.41, 5.74) is 1.33. The van der Waals surface area contributed by atoms with Crippen LogP contribution in [-0.4, -0.2) is 19.7 Å². The summed E-state index contributed by atoms with van der Waals surface area (Å²) < 4.78 is 20.1. The molecule has 5 heteroatoms. The van der Waals surface area contributed by atoms with Crippen molar-refractivity contribution in [2.24, 2.45) is 0 Å². The third-order valence-electron chi connectivity index (χ3n) is 3.42. The number of hydrogen-bond donors (Lipinski definition) is 1. The van der Waals surface area contributed by atoms with Crippen molar-refractivity contribution in [1.29, 1.82) is 0 Å². The van der Waals surface area contributed by atoms with Crippen molar-refractivity contribution in [2.45, 2.75) is 31.6 Å². The average molecular weight is 306 g/mol. The molecule has 1 N–H and O–H groups in total. The smallest absolute Gasteiger partial charge is 0.149 e. The van der Waals surface area contributed by atoms with Gasteiger partial charge < -0.3 is 10.1 Å². The Kier molecular flexibility index (Phi) is 4.93. The lowest BCUT2D eigenvalue weighted by Crippen LogP contribution is -2.12. The zero-order valence-electron chi connectivity index (χ0n) is 11.1. The molecule has 1 aromatic carbocycles. The van der Waals surface area contributed by atoms with E-state index in [4.69, 9.17) is 27.9 Å². The van der Waals surface area contributed by atoms with Gasteiger partial charge in [-0.05, 0) is 32.9 Å². The lowest BCUT2D eigenvalue weighted by Gasteiger charge is -2.21. The lowest BCUT2D eigenvalue weighted by atomic mass is 9.93. The SMILES string of the molecule is CCOc1c(C(C)Cl)cc(Cl)c(F)c1C1CCNC1. The second-order valence-corrected chi connectivity index (χ2v) is 5.80. The first-order valence-electron chi connectivity index (χ1n) is 6.55. The summed E-state index contributed by atoms with van der Waals surface area (Å²) in [6.07, 6.45) is 0.882. The van der Waals surface area contributed by atoms with Gasteiger partial charge in [0.25, 0.3) is 0 Å². The summed E-state index contributed by atoms with van der Waals surface area (Å²) in [6, 6.07) is 1.57. The first-order chi connectivity index (χ1) is 9.06. The Morgan fingerprint density at radius 2 is 2.32 bits per heavy atom. The van der Waals surface area contributed by atoms with Crippen LogP contribution >= 0.6 is 23.2 Å². The van der Waals surface area contributed by atoms with Crippen LogP contribution in [0.1, 0.15) is 42.7 Å². The Balaban J connectivity index is 2.58. The van der Waals surface area contributed by atoms with Gasteiger partial charge in [-0.15, -0.1) is 11.6 Å². The largest absolute Gasteiger partial charge is 0.493 e. The normalized spacial score (nSPS) is 20.6. The minimum absolute atomic E-state index is 0.0921. The molecule has 1 fully saturated rings. The molecule has 1 saturated heterocycles. The Morgan fingerprint density at radius 3 is 2.84 bits per heavy atom. The second kappa shape index (κ2) is 6.29. The zero-order chi connectivity index (χ0) is 14.0. The fourth-order valence-electron chi connectivity index (χ4n) is 2.52. The Hall–Kier alpha value is -0.510. The summed E-state index contributed by atoms with van der Waals surface area (Å²) in [5, 5.41) is 3.09. The van der Waals surface area contributed by atoms with Crippen molar-refractivity contribution in [2.75, 3.05) is 19.7 Å². The molecule has 0 aliphatic carbocycles. The average Bonchev–Trinajstić information content (AvgIpc) is 2.87. The van der Waals surface area contributed by atoms with Gasteiger partial charge in [-0.3, -0.25) is 0 Å². The summed E-state index contributed by atoms with van der Waals surface area (Å²) in [4.78, 5) is 0. The second-order valence-electron chi connectivity index (χ2n) is 4.74. The fourth-order valence-corrected chi connectivity index (χ4v) is 2.90. The third kappa shape index (κ3) is 2.99. The molecule has 2 nitrogen and oxygen atoms in total. The van der Waals surface area contributed by atoms with Crippen LogP contribution in [0.25, 0.3) is 0 Å². The molecule has 0 saturated carbocycles. The molecule has 106 valence electrons. The molecule has 0 bridgehead atoms. The molecule has 19 heavy (non-hydrogen) atoms. The highest BCUT2D eigenvalue weighted by Crippen LogP contribution is 2.42. The summed E-state index contributed by atoms with van der Waals surface area (Å²) in [5.74, 6) is 0.287. The van der Waals surface area contributed by atoms with Crippen molar-refractivity contribution >= 4 is 23.2 Å². The first kappa shape index (κ1) is 14.9. The molecule has 2 rings (SSSR count). The van der Waals surface area contributed by atoms with Gasteiger partial charge in [0.05, 0.1) is 17.0 Å². The molecule has 1 aromatic rings. The number of rotatable bonds is 4. The van der Waals surface area contributed by atoms with Gasteiger partial charge in [0, 0.05) is 23.6 Å². The molecule has 1 heterocycles. The highest BCUT2D eigenvalue weighted by atomic mass is 35.5. The van der Waals surface area contributed by atoms with Gasteiger partial charge in [0.15, 0.2) is 0 Å². The number of halogens is 3. The van der Waals surface area contributed by atoms with E-state index < -0.39 is 0 Å². The molecule has 0 radical (unpaired) electrons. The van der Waals surface area contributed by atoms with Gasteiger partial charge in [-0.25, -0.2) is 4.39 Å². The highest BCUT2D eigenvalue weighted by Gasteiger charge is 2.28. The Bertz CT molecular complexity index is 459. The number of benzene rings is 1. The Morgan fingerprint density at radius 1 is 1.58 bits per heavy atom. The maximum Gasteiger partial charge on any atom is 0.149 e. The minimum atomic E-state index is -0.375. The number of ether oxygens (including phenoxy) is 1. The molecule has 0 amide bonds. The van der Waals surface area contributed by atoms with Gasteiger partial charge >= 0.3 is 0 Å². The fraction of sp³-hybridized carbons (Fsp3) is 0.571. The monoisotopic (exact) mass is 305 g/mol. The highest BCUT2D eigenvalue weighted by molar-refractivity contribution is 6.31. The number of alkyl halides is 1. The standard InChI is InChI=1S/C14H18Cl2FNO/c1-3-19-14-10(8(2)15)6-11(16)13(17)12(14)9-4-5-18-7-9/h6,8-9,18H,3-5,7H2,1-2H3. The molecule has 0 spiro atoms. The molecule has 2 unspecified atom stereocenters. The van der Waals surface area contributed by atoms with Gasteiger partial charge in [-0.2, -0.15) is 0 Å². The van der Waals surface area contributed by atoms with Crippen LogP contribution in [0.15, 0.2) is 6.07 Å². The van der Waals surface area contributed by atoms with Crippen LogP contribution in [0.3, 0.4) is 0 Å². The van der Waals surface area contributed by atoms with E-state index >= 15 is 0 Å². The van der Waals surface area contributed by atoms with Crippen molar-refractivity contribution in [3.8, 4) is 5.75 Å². The lowest BCUT2D eigenvalue weighted by molar-refractivity contribution is 0.327. The maximum atomic E-state index is 14.4. The van der Waals surface area contributed by atoms with Crippen LogP contribution < -0.4 is 10.1 Å². The van der Waals surface area contributed by atoms with Gasteiger partial charge in [-0.1, -0.05) is 11.6 Å². The molecular weight excluding hydrogens is 288 g/mol. The summed E-state index contributed by atoms with van der Waals surface area (Å²) in [7, 11) is 0. The molecular formula is C14H18Cl2FNO. The van der Waals surface area contributed by atoms with Crippen LogP contribution in [0.5, 0.6) is 5.75 Å². The van der Waals surface area contributed by atoms with Gasteiger partial charge in [0.1, 0.15) is 11.6 Å². The van der Waals surface area contributed by atoms with Gasteiger partial charge in [0.2, 0.25) is 0 Å². The quantitative estimate of drug-likeness (QED) is 0.840. The van der Waals surface area contributed by atoms with Crippen molar-refractivity contribution in [3.05, 3.63) is 28.0 Å². The number of hydrogen-bond acceptors (Lipinski definition) is 2. The molecule has 1 aliphatic heterocycles. The predicted molar refractivity (Wildman–Crippen MR) is 77.1 cm³/mol. The number of nitrogens with one attached hydrogen (secondary N) is 1. The van der Waals surface area contributed by atoms with E-state index in [1.165, 1.54) is 0 Å². The molecule has 0 aromatic heterocycles. The van der Waals surface area contributed by atoms with E-state index in [0.29, 0.717) is 17.9 Å². The summed E-state index contributed by atoms with van der Waals surface area (Å²) >= 11 is 12.2. The van der Waals surface area contributed by atoms with Crippen LogP contribution in [0.2, 0.25) is 5.02 Å². The van der Waals surface area contributed by atoms with Crippen LogP contribution in [0.4, 0.5) is 4.39 Å². The summed E-state index contributed by atoms with van der Waals surface area (Å²) in [6.45, 7) is 5.82. The minimum Gasteiger partial charge on any atom is -0.493 e. The predicted octanol–water partition coefficient (Wildman–Crippen LogP) is 4.25. The molecule has 1 aliphatic rings.